The highest BCUT2D eigenvalue weighted by atomic mass is 19.1. The zero-order valence-corrected chi connectivity index (χ0v) is 28.2. The van der Waals surface area contributed by atoms with E-state index >= 15 is 0 Å². The highest BCUT2D eigenvalue weighted by Crippen LogP contribution is 2.30. The monoisotopic (exact) mass is 654 g/mol. The number of rotatable bonds is 7. The first-order valence-electron chi connectivity index (χ1n) is 17.0. The SMILES string of the molecule is C[C@@H]1CCCCO[C@H](CN(C)C(=O)Nc2ccc(F)cc2)[C@H](C)CN([C@@H](C)CO)C(=O)c2cc(NC(=O)C3CCCCC3)ccc2O1. The molecule has 0 aromatic heterocycles. The first kappa shape index (κ1) is 36.1. The summed E-state index contributed by atoms with van der Waals surface area (Å²) in [7, 11) is 1.66. The molecule has 1 aliphatic heterocycles. The Morgan fingerprint density at radius 3 is 2.38 bits per heavy atom. The third-order valence-corrected chi connectivity index (χ3v) is 9.19. The van der Waals surface area contributed by atoms with Gasteiger partial charge in [-0.05, 0) is 88.4 Å². The van der Waals surface area contributed by atoms with Crippen LogP contribution in [0.3, 0.4) is 0 Å². The Labute approximate surface area is 278 Å². The molecule has 0 spiro atoms. The van der Waals surface area contributed by atoms with Crippen LogP contribution >= 0.6 is 0 Å². The number of urea groups is 1. The average molecular weight is 655 g/mol. The number of hydrogen-bond acceptors (Lipinski definition) is 6. The fraction of sp³-hybridized carbons (Fsp3) is 0.583. The molecule has 4 amide bonds. The second-order valence-electron chi connectivity index (χ2n) is 13.2. The molecular formula is C36H51FN4O6. The maximum absolute atomic E-state index is 14.3. The lowest BCUT2D eigenvalue weighted by molar-refractivity contribution is -0.120. The molecule has 2 aliphatic rings. The van der Waals surface area contributed by atoms with Gasteiger partial charge < -0.3 is 35.0 Å². The van der Waals surface area contributed by atoms with Crippen molar-refractivity contribution in [3.05, 3.63) is 53.8 Å². The van der Waals surface area contributed by atoms with Gasteiger partial charge in [-0.3, -0.25) is 9.59 Å². The number of likely N-dealkylation sites (N-methyl/N-ethyl adjacent to an activating group) is 1. The molecule has 1 saturated carbocycles. The van der Waals surface area contributed by atoms with E-state index in [1.165, 1.54) is 29.2 Å². The lowest BCUT2D eigenvalue weighted by Gasteiger charge is -2.35. The normalized spacial score (nSPS) is 22.3. The van der Waals surface area contributed by atoms with Crippen LogP contribution in [0.1, 0.15) is 82.5 Å². The number of carbonyl (C=O) groups is 3. The van der Waals surface area contributed by atoms with E-state index < -0.39 is 18.0 Å². The summed E-state index contributed by atoms with van der Waals surface area (Å²) in [5.41, 5.74) is 1.32. The number of benzene rings is 2. The largest absolute Gasteiger partial charge is 0.490 e. The number of nitrogens with one attached hydrogen (secondary N) is 2. The zero-order chi connectivity index (χ0) is 33.9. The van der Waals surface area contributed by atoms with Gasteiger partial charge >= 0.3 is 6.03 Å². The molecule has 4 rings (SSSR count). The Bertz CT molecular complexity index is 1340. The first-order valence-corrected chi connectivity index (χ1v) is 17.0. The van der Waals surface area contributed by atoms with Gasteiger partial charge in [-0.25, -0.2) is 9.18 Å². The summed E-state index contributed by atoms with van der Waals surface area (Å²) >= 11 is 0. The third-order valence-electron chi connectivity index (χ3n) is 9.19. The van der Waals surface area contributed by atoms with Crippen LogP contribution in [-0.2, 0) is 9.53 Å². The maximum atomic E-state index is 14.3. The highest BCUT2D eigenvalue weighted by Gasteiger charge is 2.31. The summed E-state index contributed by atoms with van der Waals surface area (Å²) in [4.78, 5) is 43.6. The molecule has 2 aromatic rings. The van der Waals surface area contributed by atoms with Crippen molar-refractivity contribution in [2.75, 3.05) is 44.0 Å². The van der Waals surface area contributed by atoms with Gasteiger partial charge in [0.05, 0.1) is 30.4 Å². The highest BCUT2D eigenvalue weighted by molar-refractivity contribution is 6.00. The minimum atomic E-state index is -0.524. The number of fused-ring (bicyclic) bond motifs is 1. The summed E-state index contributed by atoms with van der Waals surface area (Å²) in [6.07, 6.45) is 6.74. The van der Waals surface area contributed by atoms with Crippen LogP contribution in [0.5, 0.6) is 5.75 Å². The van der Waals surface area contributed by atoms with Gasteiger partial charge in [0.15, 0.2) is 0 Å². The molecule has 1 aliphatic carbocycles. The summed E-state index contributed by atoms with van der Waals surface area (Å²) < 4.78 is 26.0. The van der Waals surface area contributed by atoms with Crippen molar-refractivity contribution in [3.8, 4) is 5.75 Å². The van der Waals surface area contributed by atoms with E-state index in [1.54, 1.807) is 37.1 Å². The van der Waals surface area contributed by atoms with E-state index in [9.17, 15) is 23.9 Å². The predicted octanol–water partition coefficient (Wildman–Crippen LogP) is 6.30. The van der Waals surface area contributed by atoms with Crippen molar-refractivity contribution < 1.29 is 33.4 Å². The molecule has 2 aromatic carbocycles. The second kappa shape index (κ2) is 17.5. The molecule has 258 valence electrons. The molecule has 0 radical (unpaired) electrons. The molecule has 0 unspecified atom stereocenters. The summed E-state index contributed by atoms with van der Waals surface area (Å²) in [6, 6.07) is 9.87. The van der Waals surface area contributed by atoms with Crippen LogP contribution in [-0.4, -0.2) is 84.4 Å². The van der Waals surface area contributed by atoms with E-state index in [0.29, 0.717) is 29.3 Å². The molecule has 11 heteroatoms. The van der Waals surface area contributed by atoms with Crippen LogP contribution in [0, 0.1) is 17.7 Å². The number of hydrogen-bond donors (Lipinski definition) is 3. The minimum Gasteiger partial charge on any atom is -0.490 e. The number of aliphatic hydroxyl groups is 1. The fourth-order valence-corrected chi connectivity index (χ4v) is 6.18. The van der Waals surface area contributed by atoms with Crippen LogP contribution in [0.4, 0.5) is 20.6 Å². The number of carbonyl (C=O) groups excluding carboxylic acids is 3. The molecular weight excluding hydrogens is 603 g/mol. The maximum Gasteiger partial charge on any atom is 0.321 e. The van der Waals surface area contributed by atoms with Crippen LogP contribution in [0.2, 0.25) is 0 Å². The molecule has 0 saturated heterocycles. The van der Waals surface area contributed by atoms with E-state index in [4.69, 9.17) is 9.47 Å². The number of halogens is 1. The molecule has 3 N–H and O–H groups in total. The van der Waals surface area contributed by atoms with Gasteiger partial charge in [0.25, 0.3) is 5.91 Å². The van der Waals surface area contributed by atoms with Crippen molar-refractivity contribution in [2.24, 2.45) is 11.8 Å². The fourth-order valence-electron chi connectivity index (χ4n) is 6.18. The number of amides is 4. The van der Waals surface area contributed by atoms with Crippen LogP contribution < -0.4 is 15.4 Å². The average Bonchev–Trinajstić information content (AvgIpc) is 3.07. The topological polar surface area (TPSA) is 120 Å². The minimum absolute atomic E-state index is 0.0333. The molecule has 0 bridgehead atoms. The standard InChI is InChI=1S/C36H51FN4O6/c1-24-21-41(25(2)23-42)35(44)31-20-30(38-34(43)27-11-6-5-7-12-27)17-18-32(31)47-26(3)10-8-9-19-46-33(24)22-40(4)36(45)39-29-15-13-28(37)14-16-29/h13-18,20,24-27,33,42H,5-12,19,21-23H2,1-4H3,(H,38,43)(H,39,45)/t24-,25+,26-,33-/m1/s1. The number of ether oxygens (including phenoxy) is 2. The van der Waals surface area contributed by atoms with E-state index in [-0.39, 0.29) is 55.5 Å². The van der Waals surface area contributed by atoms with Crippen LogP contribution in [0.15, 0.2) is 42.5 Å². The molecule has 1 heterocycles. The Balaban J connectivity index is 1.57. The van der Waals surface area contributed by atoms with Crippen molar-refractivity contribution in [1.29, 1.82) is 0 Å². The van der Waals surface area contributed by atoms with Gasteiger partial charge in [-0.2, -0.15) is 0 Å². The summed E-state index contributed by atoms with van der Waals surface area (Å²) in [5.74, 6) is -0.582. The molecule has 10 nitrogen and oxygen atoms in total. The van der Waals surface area contributed by atoms with E-state index in [1.807, 2.05) is 13.8 Å². The van der Waals surface area contributed by atoms with E-state index in [2.05, 4.69) is 10.6 Å². The quantitative estimate of drug-likeness (QED) is 0.322. The van der Waals surface area contributed by atoms with E-state index in [0.717, 1.165) is 51.4 Å². The molecule has 1 fully saturated rings. The Morgan fingerprint density at radius 1 is 1.00 bits per heavy atom. The Morgan fingerprint density at radius 2 is 1.68 bits per heavy atom. The first-order chi connectivity index (χ1) is 22.5. The molecule has 4 atom stereocenters. The third kappa shape index (κ3) is 10.4. The Hall–Kier alpha value is -3.70. The lowest BCUT2D eigenvalue weighted by atomic mass is 9.88. The summed E-state index contributed by atoms with van der Waals surface area (Å²) in [5, 5.41) is 16.0. The Kier molecular flexibility index (Phi) is 13.4. The van der Waals surface area contributed by atoms with Gasteiger partial charge in [0.2, 0.25) is 5.91 Å². The predicted molar refractivity (Wildman–Crippen MR) is 180 cm³/mol. The zero-order valence-electron chi connectivity index (χ0n) is 28.2. The number of nitrogens with zero attached hydrogens (tertiary/aromatic N) is 2. The summed E-state index contributed by atoms with van der Waals surface area (Å²) in [6.45, 7) is 6.42. The number of aliphatic hydroxyl groups excluding tert-OH is 1. The van der Waals surface area contributed by atoms with Crippen molar-refractivity contribution >= 4 is 29.2 Å². The van der Waals surface area contributed by atoms with Gasteiger partial charge in [0.1, 0.15) is 11.6 Å². The van der Waals surface area contributed by atoms with Gasteiger partial charge in [-0.15, -0.1) is 0 Å². The smallest absolute Gasteiger partial charge is 0.321 e. The van der Waals surface area contributed by atoms with Crippen molar-refractivity contribution in [1.82, 2.24) is 9.80 Å². The van der Waals surface area contributed by atoms with Crippen molar-refractivity contribution in [2.45, 2.75) is 90.4 Å². The van der Waals surface area contributed by atoms with Gasteiger partial charge in [0, 0.05) is 50.0 Å². The lowest BCUT2D eigenvalue weighted by Crippen LogP contribution is -2.48. The number of anilines is 2. The molecule has 47 heavy (non-hydrogen) atoms. The van der Waals surface area contributed by atoms with Crippen molar-refractivity contribution in [3.63, 3.8) is 0 Å². The van der Waals surface area contributed by atoms with Crippen LogP contribution in [0.25, 0.3) is 0 Å². The second-order valence-corrected chi connectivity index (χ2v) is 13.2. The van der Waals surface area contributed by atoms with Gasteiger partial charge in [-0.1, -0.05) is 26.2 Å².